The van der Waals surface area contributed by atoms with Gasteiger partial charge in [-0.1, -0.05) is 78.3 Å². The lowest BCUT2D eigenvalue weighted by atomic mass is 9.90. The summed E-state index contributed by atoms with van der Waals surface area (Å²) in [5.41, 5.74) is 3.41. The topological polar surface area (TPSA) is 55.5 Å². The lowest BCUT2D eigenvalue weighted by Crippen LogP contribution is -2.04. The van der Waals surface area contributed by atoms with E-state index >= 15 is 0 Å². The van der Waals surface area contributed by atoms with Crippen LogP contribution in [-0.2, 0) is 4.84 Å². The molecule has 3 aromatic carbocycles. The maximum absolute atomic E-state index is 9.66. The fourth-order valence-electron chi connectivity index (χ4n) is 2.83. The molecular formula is C22H17Cl2NO2. The zero-order valence-corrected chi connectivity index (χ0v) is 15.8. The van der Waals surface area contributed by atoms with Crippen LogP contribution in [0.25, 0.3) is 16.9 Å². The highest BCUT2D eigenvalue weighted by Gasteiger charge is 2.20. The Balaban J connectivity index is 2.30. The molecular weight excluding hydrogens is 381 g/mol. The van der Waals surface area contributed by atoms with Crippen molar-refractivity contribution in [3.05, 3.63) is 106 Å². The Morgan fingerprint density at radius 3 is 2.15 bits per heavy atom. The predicted molar refractivity (Wildman–Crippen MR) is 112 cm³/mol. The number of nitrogens with two attached hydrogens (primary N) is 1. The molecule has 0 aliphatic rings. The minimum atomic E-state index is 0.0475. The van der Waals surface area contributed by atoms with Crippen LogP contribution < -0.4 is 5.90 Å². The molecule has 0 radical (unpaired) electrons. The van der Waals surface area contributed by atoms with E-state index in [0.717, 1.165) is 11.1 Å². The van der Waals surface area contributed by atoms with Gasteiger partial charge in [0.05, 0.1) is 5.02 Å². The van der Waals surface area contributed by atoms with Crippen LogP contribution in [0.2, 0.25) is 10.0 Å². The van der Waals surface area contributed by atoms with Gasteiger partial charge in [0.25, 0.3) is 0 Å². The summed E-state index contributed by atoms with van der Waals surface area (Å²) >= 11 is 12.7. The van der Waals surface area contributed by atoms with E-state index in [4.69, 9.17) is 33.9 Å². The number of hydrogen-bond acceptors (Lipinski definition) is 3. The molecule has 0 spiro atoms. The summed E-state index contributed by atoms with van der Waals surface area (Å²) in [6.45, 7) is 4.23. The van der Waals surface area contributed by atoms with Crippen molar-refractivity contribution < 1.29 is 9.94 Å². The molecule has 0 fully saturated rings. The summed E-state index contributed by atoms with van der Waals surface area (Å²) in [5, 5.41) is 10.5. The van der Waals surface area contributed by atoms with Crippen molar-refractivity contribution in [2.24, 2.45) is 5.90 Å². The molecule has 0 atom stereocenters. The summed E-state index contributed by atoms with van der Waals surface area (Å²) in [5.74, 6) is 6.03. The molecule has 3 N–H and O–H groups in total. The maximum atomic E-state index is 9.66. The van der Waals surface area contributed by atoms with E-state index in [0.29, 0.717) is 32.5 Å². The van der Waals surface area contributed by atoms with Crippen LogP contribution in [0.5, 0.6) is 5.75 Å². The minimum Gasteiger partial charge on any atom is -0.508 e. The van der Waals surface area contributed by atoms with Gasteiger partial charge in [0, 0.05) is 21.7 Å². The first kappa shape index (κ1) is 19.1. The Morgan fingerprint density at radius 1 is 0.852 bits per heavy atom. The van der Waals surface area contributed by atoms with Crippen LogP contribution >= 0.6 is 23.2 Å². The molecule has 0 aromatic heterocycles. The van der Waals surface area contributed by atoms with E-state index in [9.17, 15) is 5.11 Å². The zero-order chi connectivity index (χ0) is 19.4. The molecule has 0 saturated carbocycles. The van der Waals surface area contributed by atoms with E-state index in [2.05, 4.69) is 6.58 Å². The molecule has 0 aliphatic heterocycles. The number of halogens is 2. The summed E-state index contributed by atoms with van der Waals surface area (Å²) in [4.78, 5) is 5.27. The first-order valence-electron chi connectivity index (χ1n) is 8.12. The number of allylic oxidation sites excluding steroid dienone is 2. The lowest BCUT2D eigenvalue weighted by molar-refractivity contribution is 0.292. The van der Waals surface area contributed by atoms with E-state index in [1.807, 2.05) is 48.5 Å². The minimum absolute atomic E-state index is 0.0475. The quantitative estimate of drug-likeness (QED) is 0.234. The van der Waals surface area contributed by atoms with Crippen LogP contribution in [0.1, 0.15) is 16.7 Å². The van der Waals surface area contributed by atoms with Gasteiger partial charge >= 0.3 is 0 Å². The van der Waals surface area contributed by atoms with Crippen LogP contribution in [0, 0.1) is 0 Å². The van der Waals surface area contributed by atoms with Gasteiger partial charge in [0.1, 0.15) is 5.75 Å². The van der Waals surface area contributed by atoms with Crippen LogP contribution in [0.3, 0.4) is 0 Å². The van der Waals surface area contributed by atoms with Gasteiger partial charge in [0.15, 0.2) is 5.76 Å². The normalized spacial score (nSPS) is 11.7. The van der Waals surface area contributed by atoms with Crippen molar-refractivity contribution in [2.45, 2.75) is 0 Å². The Bertz CT molecular complexity index is 1010. The van der Waals surface area contributed by atoms with Crippen molar-refractivity contribution in [3.8, 4) is 5.75 Å². The largest absolute Gasteiger partial charge is 0.508 e. The van der Waals surface area contributed by atoms with Gasteiger partial charge in [-0.05, 0) is 35.4 Å². The van der Waals surface area contributed by atoms with Crippen molar-refractivity contribution in [2.75, 3.05) is 0 Å². The molecule has 0 unspecified atom stereocenters. The summed E-state index contributed by atoms with van der Waals surface area (Å²) in [6.07, 6.45) is 0. The van der Waals surface area contributed by atoms with Crippen LogP contribution in [0.4, 0.5) is 0 Å². The highest BCUT2D eigenvalue weighted by Crippen LogP contribution is 2.40. The third-order valence-corrected chi connectivity index (χ3v) is 4.75. The molecule has 5 heteroatoms. The molecule has 0 amide bonds. The molecule has 0 heterocycles. The van der Waals surface area contributed by atoms with E-state index in [-0.39, 0.29) is 5.75 Å². The molecule has 3 rings (SSSR count). The highest BCUT2D eigenvalue weighted by atomic mass is 35.5. The number of phenols is 1. The Labute approximate surface area is 167 Å². The molecule has 27 heavy (non-hydrogen) atoms. The van der Waals surface area contributed by atoms with Crippen molar-refractivity contribution in [3.63, 3.8) is 0 Å². The zero-order valence-electron chi connectivity index (χ0n) is 14.3. The van der Waals surface area contributed by atoms with E-state index in [1.165, 1.54) is 12.1 Å². The number of aromatic hydroxyl groups is 1. The number of benzene rings is 3. The molecule has 136 valence electrons. The van der Waals surface area contributed by atoms with Crippen molar-refractivity contribution >= 4 is 40.1 Å². The monoisotopic (exact) mass is 397 g/mol. The van der Waals surface area contributed by atoms with Gasteiger partial charge in [-0.2, -0.15) is 5.90 Å². The average molecular weight is 398 g/mol. The number of rotatable bonds is 5. The molecule has 0 bridgehead atoms. The third-order valence-electron chi connectivity index (χ3n) is 4.11. The lowest BCUT2D eigenvalue weighted by Gasteiger charge is -2.18. The second kappa shape index (κ2) is 8.31. The van der Waals surface area contributed by atoms with Crippen LogP contribution in [0.15, 0.2) is 79.4 Å². The van der Waals surface area contributed by atoms with Gasteiger partial charge in [-0.15, -0.1) is 0 Å². The van der Waals surface area contributed by atoms with E-state index in [1.54, 1.807) is 12.1 Å². The first-order valence-corrected chi connectivity index (χ1v) is 8.88. The van der Waals surface area contributed by atoms with Crippen LogP contribution in [-0.4, -0.2) is 5.11 Å². The van der Waals surface area contributed by atoms with Crippen molar-refractivity contribution in [1.29, 1.82) is 0 Å². The summed E-state index contributed by atoms with van der Waals surface area (Å²) in [6, 6.07) is 21.5. The maximum Gasteiger partial charge on any atom is 0.163 e. The Hall–Kier alpha value is -2.72. The third kappa shape index (κ3) is 4.01. The summed E-state index contributed by atoms with van der Waals surface area (Å²) < 4.78 is 0. The highest BCUT2D eigenvalue weighted by molar-refractivity contribution is 6.34. The standard InChI is InChI=1S/C22H17Cl2NO2/c1-14(17-9-5-6-10-19(17)23)21(15-7-3-2-4-8-15)22(27-25)18-12-11-16(26)13-20(18)24/h2-13,26H,1,25H2/b22-21+. The number of hydrogen-bond donors (Lipinski definition) is 2. The predicted octanol–water partition coefficient (Wildman–Crippen LogP) is 6.17. The van der Waals surface area contributed by atoms with Gasteiger partial charge < -0.3 is 9.94 Å². The fraction of sp³-hybridized carbons (Fsp3) is 0. The molecule has 3 aromatic rings. The van der Waals surface area contributed by atoms with Gasteiger partial charge in [-0.3, -0.25) is 0 Å². The fourth-order valence-corrected chi connectivity index (χ4v) is 3.34. The second-order valence-corrected chi connectivity index (χ2v) is 6.62. The smallest absolute Gasteiger partial charge is 0.163 e. The second-order valence-electron chi connectivity index (χ2n) is 5.81. The SMILES string of the molecule is C=C(/C(=C(\ON)c1ccc(O)cc1Cl)c1ccccc1)c1ccccc1Cl. The molecule has 0 aliphatic carbocycles. The summed E-state index contributed by atoms with van der Waals surface area (Å²) in [7, 11) is 0. The van der Waals surface area contributed by atoms with Gasteiger partial charge in [-0.25, -0.2) is 0 Å². The molecule has 3 nitrogen and oxygen atoms in total. The average Bonchev–Trinajstić information content (AvgIpc) is 2.67. The van der Waals surface area contributed by atoms with Gasteiger partial charge in [0.2, 0.25) is 0 Å². The first-order chi connectivity index (χ1) is 13.0. The number of phenolic OH excluding ortho intramolecular Hbond substituents is 1. The van der Waals surface area contributed by atoms with E-state index < -0.39 is 0 Å². The van der Waals surface area contributed by atoms with Crippen molar-refractivity contribution in [1.82, 2.24) is 0 Å². The Kier molecular flexibility index (Phi) is 5.87. The molecule has 0 saturated heterocycles. The Morgan fingerprint density at radius 2 is 1.52 bits per heavy atom.